The van der Waals surface area contributed by atoms with Crippen molar-refractivity contribution >= 4 is 11.7 Å². The molecule has 0 spiro atoms. The first-order valence-corrected chi connectivity index (χ1v) is 5.52. The maximum absolute atomic E-state index is 11.1. The van der Waals surface area contributed by atoms with E-state index in [-0.39, 0.29) is 5.78 Å². The summed E-state index contributed by atoms with van der Waals surface area (Å²) in [6.45, 7) is 1.53. The van der Waals surface area contributed by atoms with Crippen LogP contribution in [0.3, 0.4) is 0 Å². The van der Waals surface area contributed by atoms with Crippen molar-refractivity contribution in [1.29, 1.82) is 0 Å². The van der Waals surface area contributed by atoms with Crippen LogP contribution >= 0.6 is 0 Å². The summed E-state index contributed by atoms with van der Waals surface area (Å²) in [4.78, 5) is 13.2. The van der Waals surface area contributed by atoms with Gasteiger partial charge in [0.05, 0.1) is 0 Å². The Balaban J connectivity index is 2.10. The normalized spacial score (nSPS) is 16.9. The fourth-order valence-corrected chi connectivity index (χ4v) is 2.18. The SMILES string of the molecule is CC(=O)c1ccc(N(C)C2CCCC2)o1. The second kappa shape index (κ2) is 4.09. The molecule has 1 heterocycles. The number of Topliss-reactive ketones (excluding diaryl/α,β-unsaturated/α-hetero) is 1. The molecule has 2 rings (SSSR count). The molecule has 0 atom stereocenters. The van der Waals surface area contributed by atoms with Crippen LogP contribution in [-0.4, -0.2) is 18.9 Å². The highest BCUT2D eigenvalue weighted by Crippen LogP contribution is 2.28. The lowest BCUT2D eigenvalue weighted by Crippen LogP contribution is -2.28. The van der Waals surface area contributed by atoms with E-state index in [0.29, 0.717) is 11.8 Å². The smallest absolute Gasteiger partial charge is 0.196 e. The Bertz CT molecular complexity index is 350. The van der Waals surface area contributed by atoms with Gasteiger partial charge in [0.1, 0.15) is 0 Å². The average molecular weight is 207 g/mol. The molecule has 1 aromatic rings. The van der Waals surface area contributed by atoms with Crippen molar-refractivity contribution in [3.63, 3.8) is 0 Å². The second-order valence-corrected chi connectivity index (χ2v) is 4.24. The number of anilines is 1. The highest BCUT2D eigenvalue weighted by molar-refractivity contribution is 5.91. The average Bonchev–Trinajstić information content (AvgIpc) is 2.88. The van der Waals surface area contributed by atoms with Crippen LogP contribution in [0.1, 0.15) is 43.2 Å². The zero-order valence-corrected chi connectivity index (χ0v) is 9.32. The lowest BCUT2D eigenvalue weighted by atomic mass is 10.2. The third kappa shape index (κ3) is 2.06. The van der Waals surface area contributed by atoms with Crippen LogP contribution in [0.5, 0.6) is 0 Å². The molecular formula is C12H17NO2. The van der Waals surface area contributed by atoms with E-state index in [1.54, 1.807) is 6.07 Å². The molecule has 0 radical (unpaired) electrons. The van der Waals surface area contributed by atoms with Gasteiger partial charge < -0.3 is 9.32 Å². The van der Waals surface area contributed by atoms with Gasteiger partial charge in [-0.2, -0.15) is 0 Å². The summed E-state index contributed by atoms with van der Waals surface area (Å²) >= 11 is 0. The molecule has 1 aliphatic carbocycles. The number of carbonyl (C=O) groups is 1. The standard InChI is InChI=1S/C12H17NO2/c1-9(14)11-7-8-12(15-11)13(2)10-5-3-4-6-10/h7-8,10H,3-6H2,1-2H3. The number of hydrogen-bond acceptors (Lipinski definition) is 3. The van der Waals surface area contributed by atoms with Gasteiger partial charge in [0.25, 0.3) is 0 Å². The molecule has 0 saturated heterocycles. The van der Waals surface area contributed by atoms with E-state index in [1.165, 1.54) is 32.6 Å². The fraction of sp³-hybridized carbons (Fsp3) is 0.583. The van der Waals surface area contributed by atoms with E-state index < -0.39 is 0 Å². The Morgan fingerprint density at radius 1 is 1.40 bits per heavy atom. The molecule has 0 amide bonds. The molecule has 0 aromatic carbocycles. The zero-order valence-electron chi connectivity index (χ0n) is 9.32. The molecule has 1 fully saturated rings. The first kappa shape index (κ1) is 10.3. The molecule has 15 heavy (non-hydrogen) atoms. The highest BCUT2D eigenvalue weighted by Gasteiger charge is 2.22. The largest absolute Gasteiger partial charge is 0.437 e. The topological polar surface area (TPSA) is 33.5 Å². The van der Waals surface area contributed by atoms with E-state index >= 15 is 0 Å². The maximum Gasteiger partial charge on any atom is 0.196 e. The van der Waals surface area contributed by atoms with E-state index in [0.717, 1.165) is 5.88 Å². The van der Waals surface area contributed by atoms with E-state index in [4.69, 9.17) is 4.42 Å². The molecule has 0 aliphatic heterocycles. The van der Waals surface area contributed by atoms with Crippen molar-refractivity contribution in [3.8, 4) is 0 Å². The quantitative estimate of drug-likeness (QED) is 0.714. The van der Waals surface area contributed by atoms with Gasteiger partial charge in [-0.1, -0.05) is 12.8 Å². The molecule has 82 valence electrons. The van der Waals surface area contributed by atoms with Gasteiger partial charge in [-0.25, -0.2) is 0 Å². The summed E-state index contributed by atoms with van der Waals surface area (Å²) in [5.74, 6) is 1.25. The van der Waals surface area contributed by atoms with E-state index in [1.807, 2.05) is 13.1 Å². The Labute approximate surface area is 90.1 Å². The monoisotopic (exact) mass is 207 g/mol. The van der Waals surface area contributed by atoms with Gasteiger partial charge in [0.15, 0.2) is 17.4 Å². The highest BCUT2D eigenvalue weighted by atomic mass is 16.4. The van der Waals surface area contributed by atoms with Crippen molar-refractivity contribution in [2.45, 2.75) is 38.6 Å². The van der Waals surface area contributed by atoms with Crippen LogP contribution in [-0.2, 0) is 0 Å². The summed E-state index contributed by atoms with van der Waals surface area (Å²) in [7, 11) is 2.04. The molecule has 0 unspecified atom stereocenters. The van der Waals surface area contributed by atoms with Gasteiger partial charge in [0.2, 0.25) is 0 Å². The van der Waals surface area contributed by atoms with Crippen LogP contribution in [0.25, 0.3) is 0 Å². The van der Waals surface area contributed by atoms with Crippen molar-refractivity contribution in [3.05, 3.63) is 17.9 Å². The van der Waals surface area contributed by atoms with Crippen molar-refractivity contribution in [1.82, 2.24) is 0 Å². The third-order valence-electron chi connectivity index (χ3n) is 3.16. The zero-order chi connectivity index (χ0) is 10.8. The molecular weight excluding hydrogens is 190 g/mol. The van der Waals surface area contributed by atoms with Crippen molar-refractivity contribution < 1.29 is 9.21 Å². The summed E-state index contributed by atoms with van der Waals surface area (Å²) in [5.41, 5.74) is 0. The van der Waals surface area contributed by atoms with Crippen LogP contribution in [0.2, 0.25) is 0 Å². The minimum atomic E-state index is -0.0129. The molecule has 0 bridgehead atoms. The molecule has 1 aromatic heterocycles. The molecule has 3 nitrogen and oxygen atoms in total. The molecule has 3 heteroatoms. The number of hydrogen-bond donors (Lipinski definition) is 0. The third-order valence-corrected chi connectivity index (χ3v) is 3.16. The number of carbonyl (C=O) groups excluding carboxylic acids is 1. The Morgan fingerprint density at radius 3 is 2.60 bits per heavy atom. The summed E-state index contributed by atoms with van der Waals surface area (Å²) in [5, 5.41) is 0. The minimum absolute atomic E-state index is 0.0129. The van der Waals surface area contributed by atoms with Crippen molar-refractivity contribution in [2.75, 3.05) is 11.9 Å². The Hall–Kier alpha value is -1.25. The van der Waals surface area contributed by atoms with Crippen LogP contribution in [0.15, 0.2) is 16.5 Å². The molecule has 1 aliphatic rings. The fourth-order valence-electron chi connectivity index (χ4n) is 2.18. The van der Waals surface area contributed by atoms with Crippen LogP contribution in [0.4, 0.5) is 5.88 Å². The predicted molar refractivity (Wildman–Crippen MR) is 59.4 cm³/mol. The molecule has 0 N–H and O–H groups in total. The van der Waals surface area contributed by atoms with E-state index in [2.05, 4.69) is 4.90 Å². The predicted octanol–water partition coefficient (Wildman–Crippen LogP) is 2.86. The number of ketones is 1. The van der Waals surface area contributed by atoms with Crippen LogP contribution < -0.4 is 4.90 Å². The summed E-state index contributed by atoms with van der Waals surface area (Å²) < 4.78 is 5.50. The lowest BCUT2D eigenvalue weighted by Gasteiger charge is -2.23. The molecule has 1 saturated carbocycles. The van der Waals surface area contributed by atoms with Gasteiger partial charge in [-0.3, -0.25) is 4.79 Å². The van der Waals surface area contributed by atoms with Gasteiger partial charge in [0, 0.05) is 26.1 Å². The summed E-state index contributed by atoms with van der Waals surface area (Å²) in [6, 6.07) is 4.22. The minimum Gasteiger partial charge on any atom is -0.437 e. The van der Waals surface area contributed by atoms with E-state index in [9.17, 15) is 4.79 Å². The van der Waals surface area contributed by atoms with Gasteiger partial charge in [-0.05, 0) is 18.9 Å². The van der Waals surface area contributed by atoms with Crippen LogP contribution in [0, 0.1) is 0 Å². The summed E-state index contributed by atoms with van der Waals surface area (Å²) in [6.07, 6.45) is 5.06. The second-order valence-electron chi connectivity index (χ2n) is 4.24. The number of nitrogens with zero attached hydrogens (tertiary/aromatic N) is 1. The van der Waals surface area contributed by atoms with Crippen molar-refractivity contribution in [2.24, 2.45) is 0 Å². The van der Waals surface area contributed by atoms with Gasteiger partial charge >= 0.3 is 0 Å². The Morgan fingerprint density at radius 2 is 2.07 bits per heavy atom. The lowest BCUT2D eigenvalue weighted by molar-refractivity contribution is 0.0987. The van der Waals surface area contributed by atoms with Gasteiger partial charge in [-0.15, -0.1) is 0 Å². The first-order valence-electron chi connectivity index (χ1n) is 5.52. The maximum atomic E-state index is 11.1. The number of rotatable bonds is 3. The first-order chi connectivity index (χ1) is 7.18. The Kier molecular flexibility index (Phi) is 2.80. The number of furan rings is 1.